The van der Waals surface area contributed by atoms with Crippen LogP contribution in [0.2, 0.25) is 0 Å². The van der Waals surface area contributed by atoms with Gasteiger partial charge in [0.1, 0.15) is 10.9 Å². The van der Waals surface area contributed by atoms with Crippen molar-refractivity contribution in [2.24, 2.45) is 0 Å². The number of carbonyl (C=O) groups excluding carboxylic acids is 2. The topological polar surface area (TPSA) is 49.4 Å². The van der Waals surface area contributed by atoms with Crippen molar-refractivity contribution >= 4 is 40.1 Å². The van der Waals surface area contributed by atoms with Gasteiger partial charge in [-0.2, -0.15) is 0 Å². The van der Waals surface area contributed by atoms with E-state index in [1.165, 1.54) is 16.7 Å². The van der Waals surface area contributed by atoms with E-state index in [0.717, 1.165) is 12.8 Å². The smallest absolute Gasteiger partial charge is 0.240 e. The number of hydrogen-bond acceptors (Lipinski definition) is 4. The Bertz CT molecular complexity index is 286. The fraction of sp³-hybridized carbons (Fsp3) is 0.625. The number of carbonyl (C=O) groups is 2. The molecule has 0 aromatic rings. The van der Waals surface area contributed by atoms with E-state index in [9.17, 15) is 9.59 Å². The molecule has 0 bridgehead atoms. The number of thiocarbonyl (C=S) groups is 1. The molecule has 1 saturated heterocycles. The third-order valence-corrected chi connectivity index (χ3v) is 3.52. The van der Waals surface area contributed by atoms with Crippen molar-refractivity contribution in [1.29, 1.82) is 0 Å². The Morgan fingerprint density at radius 3 is 2.86 bits per heavy atom. The van der Waals surface area contributed by atoms with Crippen LogP contribution in [-0.2, 0) is 9.59 Å². The maximum Gasteiger partial charge on any atom is 0.240 e. The Balaban J connectivity index is 1.85. The molecule has 2 fully saturated rings. The predicted octanol–water partition coefficient (Wildman–Crippen LogP) is 0.125. The summed E-state index contributed by atoms with van der Waals surface area (Å²) in [5.41, 5.74) is 0. The largest absolute Gasteiger partial charge is 0.352 e. The van der Waals surface area contributed by atoms with Crippen molar-refractivity contribution in [2.45, 2.75) is 18.9 Å². The maximum absolute atomic E-state index is 11.4. The lowest BCUT2D eigenvalue weighted by Gasteiger charge is -2.13. The van der Waals surface area contributed by atoms with E-state index in [1.807, 2.05) is 0 Å². The fourth-order valence-electron chi connectivity index (χ4n) is 1.18. The molecule has 1 saturated carbocycles. The molecule has 2 amide bonds. The highest BCUT2D eigenvalue weighted by Crippen LogP contribution is 2.20. The van der Waals surface area contributed by atoms with Crippen LogP contribution in [0.1, 0.15) is 12.8 Å². The standard InChI is InChI=1S/C8H10N2O2S2/c11-6(9-5-1-2-5)3-10-7(12)4-14-8(10)13/h5H,1-4H2,(H,9,11). The Morgan fingerprint density at radius 2 is 2.36 bits per heavy atom. The van der Waals surface area contributed by atoms with E-state index in [-0.39, 0.29) is 18.4 Å². The van der Waals surface area contributed by atoms with Gasteiger partial charge in [-0.3, -0.25) is 14.5 Å². The second kappa shape index (κ2) is 3.86. The van der Waals surface area contributed by atoms with Crippen molar-refractivity contribution in [3.63, 3.8) is 0 Å². The van der Waals surface area contributed by atoms with Crippen LogP contribution >= 0.6 is 24.0 Å². The number of rotatable bonds is 3. The highest BCUT2D eigenvalue weighted by Gasteiger charge is 2.30. The number of hydrogen-bond donors (Lipinski definition) is 1. The first kappa shape index (κ1) is 9.92. The number of amides is 2. The summed E-state index contributed by atoms with van der Waals surface area (Å²) >= 11 is 6.27. The number of nitrogens with zero attached hydrogens (tertiary/aromatic N) is 1. The average Bonchev–Trinajstić information content (AvgIpc) is 2.88. The SMILES string of the molecule is O=C(CN1C(=O)CSC1=S)NC1CC1. The van der Waals surface area contributed by atoms with Crippen molar-refractivity contribution in [3.05, 3.63) is 0 Å². The lowest BCUT2D eigenvalue weighted by atomic mass is 10.5. The molecule has 14 heavy (non-hydrogen) atoms. The first-order valence-corrected chi connectivity index (χ1v) is 5.82. The Kier molecular flexibility index (Phi) is 2.73. The van der Waals surface area contributed by atoms with Crippen LogP contribution in [0, 0.1) is 0 Å². The van der Waals surface area contributed by atoms with Crippen LogP contribution in [0.3, 0.4) is 0 Å². The third-order valence-electron chi connectivity index (χ3n) is 2.08. The minimum atomic E-state index is -0.106. The molecule has 4 nitrogen and oxygen atoms in total. The van der Waals surface area contributed by atoms with Gasteiger partial charge in [-0.25, -0.2) is 0 Å². The average molecular weight is 230 g/mol. The molecule has 2 rings (SSSR count). The highest BCUT2D eigenvalue weighted by molar-refractivity contribution is 8.23. The van der Waals surface area contributed by atoms with E-state index in [4.69, 9.17) is 12.2 Å². The van der Waals surface area contributed by atoms with Crippen LogP contribution < -0.4 is 5.32 Å². The predicted molar refractivity (Wildman–Crippen MR) is 57.9 cm³/mol. The second-order valence-corrected chi connectivity index (χ2v) is 4.99. The van der Waals surface area contributed by atoms with Gasteiger partial charge in [-0.1, -0.05) is 24.0 Å². The lowest BCUT2D eigenvalue weighted by molar-refractivity contribution is -0.129. The quantitative estimate of drug-likeness (QED) is 0.700. The second-order valence-electron chi connectivity index (χ2n) is 3.38. The van der Waals surface area contributed by atoms with Crippen LogP contribution in [-0.4, -0.2) is 39.4 Å². The molecule has 6 heteroatoms. The molecule has 1 heterocycles. The van der Waals surface area contributed by atoms with Gasteiger partial charge in [0.15, 0.2) is 0 Å². The summed E-state index contributed by atoms with van der Waals surface area (Å²) in [6, 6.07) is 0.335. The molecule has 0 aromatic heterocycles. The molecule has 1 aliphatic carbocycles. The lowest BCUT2D eigenvalue weighted by Crippen LogP contribution is -2.40. The minimum absolute atomic E-state index is 0.0639. The fourth-order valence-corrected chi connectivity index (χ4v) is 2.25. The van der Waals surface area contributed by atoms with Crippen molar-refractivity contribution < 1.29 is 9.59 Å². The summed E-state index contributed by atoms with van der Waals surface area (Å²) in [5, 5.41) is 2.82. The Hall–Kier alpha value is -0.620. The van der Waals surface area contributed by atoms with E-state index in [1.54, 1.807) is 0 Å². The molecule has 76 valence electrons. The Morgan fingerprint density at radius 1 is 1.64 bits per heavy atom. The van der Waals surface area contributed by atoms with Crippen LogP contribution in [0.15, 0.2) is 0 Å². The molecular formula is C8H10N2O2S2. The molecule has 0 atom stereocenters. The molecule has 1 N–H and O–H groups in total. The number of nitrogens with one attached hydrogen (secondary N) is 1. The van der Waals surface area contributed by atoms with Gasteiger partial charge in [0.25, 0.3) is 0 Å². The first-order chi connectivity index (χ1) is 6.66. The first-order valence-electron chi connectivity index (χ1n) is 4.43. The summed E-state index contributed by atoms with van der Waals surface area (Å²) in [4.78, 5) is 24.0. The summed E-state index contributed by atoms with van der Waals surface area (Å²) in [5.74, 6) is 0.201. The van der Waals surface area contributed by atoms with Crippen molar-refractivity contribution in [1.82, 2.24) is 10.2 Å². The minimum Gasteiger partial charge on any atom is -0.352 e. The van der Waals surface area contributed by atoms with Crippen molar-refractivity contribution in [3.8, 4) is 0 Å². The van der Waals surface area contributed by atoms with Crippen molar-refractivity contribution in [2.75, 3.05) is 12.3 Å². The van der Waals surface area contributed by atoms with E-state index in [2.05, 4.69) is 5.32 Å². The van der Waals surface area contributed by atoms with E-state index < -0.39 is 0 Å². The molecule has 2 aliphatic rings. The van der Waals surface area contributed by atoms with Crippen LogP contribution in [0.25, 0.3) is 0 Å². The summed E-state index contributed by atoms with van der Waals surface area (Å²) in [6.07, 6.45) is 2.11. The molecule has 1 aliphatic heterocycles. The van der Waals surface area contributed by atoms with Gasteiger partial charge in [0.05, 0.1) is 5.75 Å². The summed E-state index contributed by atoms with van der Waals surface area (Å²) < 4.78 is 0.515. The van der Waals surface area contributed by atoms with Gasteiger partial charge in [-0.15, -0.1) is 0 Å². The maximum atomic E-state index is 11.4. The monoisotopic (exact) mass is 230 g/mol. The van der Waals surface area contributed by atoms with E-state index in [0.29, 0.717) is 16.1 Å². The number of thioether (sulfide) groups is 1. The third kappa shape index (κ3) is 2.24. The zero-order valence-electron chi connectivity index (χ0n) is 7.49. The normalized spacial score (nSPS) is 21.6. The van der Waals surface area contributed by atoms with Gasteiger partial charge in [0, 0.05) is 6.04 Å². The van der Waals surface area contributed by atoms with Gasteiger partial charge in [0.2, 0.25) is 11.8 Å². The van der Waals surface area contributed by atoms with Gasteiger partial charge >= 0.3 is 0 Å². The molecule has 0 aromatic carbocycles. The Labute approximate surface area is 91.4 Å². The summed E-state index contributed by atoms with van der Waals surface area (Å²) in [7, 11) is 0. The zero-order valence-corrected chi connectivity index (χ0v) is 9.12. The van der Waals surface area contributed by atoms with Crippen LogP contribution in [0.5, 0.6) is 0 Å². The van der Waals surface area contributed by atoms with Gasteiger partial charge in [-0.05, 0) is 12.8 Å². The summed E-state index contributed by atoms with van der Waals surface area (Å²) in [6.45, 7) is 0.0845. The van der Waals surface area contributed by atoms with E-state index >= 15 is 0 Å². The molecular weight excluding hydrogens is 220 g/mol. The van der Waals surface area contributed by atoms with Gasteiger partial charge < -0.3 is 5.32 Å². The zero-order chi connectivity index (χ0) is 10.1. The highest BCUT2D eigenvalue weighted by atomic mass is 32.2. The van der Waals surface area contributed by atoms with Crippen LogP contribution in [0.4, 0.5) is 0 Å². The molecule has 0 unspecified atom stereocenters. The molecule has 0 spiro atoms. The molecule has 0 radical (unpaired) electrons.